The largest absolute Gasteiger partial charge is 0.352 e. The van der Waals surface area contributed by atoms with E-state index in [-0.39, 0.29) is 9.79 Å². The number of benzene rings is 4. The lowest BCUT2D eigenvalue weighted by atomic mass is 10.1. The minimum absolute atomic E-state index is 0.117. The van der Waals surface area contributed by atoms with E-state index in [0.29, 0.717) is 49.0 Å². The molecule has 1 aliphatic rings. The zero-order valence-electron chi connectivity index (χ0n) is 21.6. The summed E-state index contributed by atoms with van der Waals surface area (Å²) in [6.07, 6.45) is 0. The van der Waals surface area contributed by atoms with Crippen molar-refractivity contribution < 1.29 is 16.8 Å². The smallest absolute Gasteiger partial charge is 0.284 e. The van der Waals surface area contributed by atoms with Crippen molar-refractivity contribution in [3.8, 4) is 0 Å². The van der Waals surface area contributed by atoms with Crippen LogP contribution in [0.2, 0.25) is 0 Å². The Balaban J connectivity index is 1.46. The van der Waals surface area contributed by atoms with E-state index < -0.39 is 20.0 Å². The first-order valence-electron chi connectivity index (χ1n) is 12.7. The highest BCUT2D eigenvalue weighted by Crippen LogP contribution is 2.20. The number of amidine groups is 2. The van der Waals surface area contributed by atoms with Gasteiger partial charge < -0.3 is 9.80 Å². The van der Waals surface area contributed by atoms with Crippen LogP contribution in [-0.2, 0) is 20.0 Å². The highest BCUT2D eigenvalue weighted by molar-refractivity contribution is 7.90. The van der Waals surface area contributed by atoms with E-state index in [1.165, 1.54) is 24.3 Å². The minimum atomic E-state index is -3.95. The molecular formula is C30H28N4O4S2. The van der Waals surface area contributed by atoms with Crippen LogP contribution in [0.4, 0.5) is 0 Å². The summed E-state index contributed by atoms with van der Waals surface area (Å²) in [7, 11) is -7.91. The van der Waals surface area contributed by atoms with Crippen LogP contribution in [-0.4, -0.2) is 64.5 Å². The molecule has 4 aromatic carbocycles. The van der Waals surface area contributed by atoms with E-state index in [1.807, 2.05) is 70.5 Å². The molecule has 40 heavy (non-hydrogen) atoms. The molecule has 0 spiro atoms. The molecule has 1 saturated heterocycles. The summed E-state index contributed by atoms with van der Waals surface area (Å²) < 4.78 is 61.3. The minimum Gasteiger partial charge on any atom is -0.352 e. The van der Waals surface area contributed by atoms with Crippen LogP contribution in [0.1, 0.15) is 11.1 Å². The van der Waals surface area contributed by atoms with Gasteiger partial charge in [0.25, 0.3) is 20.0 Å². The molecule has 1 aliphatic heterocycles. The topological polar surface area (TPSA) is 99.5 Å². The Morgan fingerprint density at radius 2 is 0.725 bits per heavy atom. The van der Waals surface area contributed by atoms with Gasteiger partial charge in [-0.2, -0.15) is 16.8 Å². The molecule has 0 amide bonds. The number of sulfonamides is 2. The molecule has 1 fully saturated rings. The Hall–Kier alpha value is -4.28. The SMILES string of the molecule is O=S(=O)(/N=C(/c1ccccc1)N1CCN(/C(=N/S(=O)(=O)c2ccccc2)c2ccccc2)CC1)c1ccccc1. The summed E-state index contributed by atoms with van der Waals surface area (Å²) in [4.78, 5) is 4.07. The fraction of sp³-hybridized carbons (Fsp3) is 0.133. The van der Waals surface area contributed by atoms with Gasteiger partial charge in [0.15, 0.2) is 0 Å². The quantitative estimate of drug-likeness (QED) is 0.253. The Morgan fingerprint density at radius 3 is 1.02 bits per heavy atom. The summed E-state index contributed by atoms with van der Waals surface area (Å²) in [5.74, 6) is 0.693. The van der Waals surface area contributed by atoms with Crippen molar-refractivity contribution in [2.45, 2.75) is 9.79 Å². The third-order valence-electron chi connectivity index (χ3n) is 6.44. The number of piperazine rings is 1. The standard InChI is InChI=1S/C30H28N4O4S2/c35-39(36,27-17-9-3-10-18-27)31-29(25-13-5-1-6-14-25)33-21-23-34(24-22-33)30(26-15-7-2-8-16-26)32-40(37,38)28-19-11-4-12-20-28/h1-20H,21-24H2/b31-29-,32-30+. The van der Waals surface area contributed by atoms with E-state index >= 15 is 0 Å². The lowest BCUT2D eigenvalue weighted by Crippen LogP contribution is -2.51. The second kappa shape index (κ2) is 11.8. The van der Waals surface area contributed by atoms with Crippen molar-refractivity contribution in [1.29, 1.82) is 0 Å². The molecule has 10 heteroatoms. The number of hydrogen-bond acceptors (Lipinski definition) is 4. The van der Waals surface area contributed by atoms with Gasteiger partial charge >= 0.3 is 0 Å². The number of hydrogen-bond donors (Lipinski definition) is 0. The molecule has 5 rings (SSSR count). The van der Waals surface area contributed by atoms with Crippen LogP contribution in [0.15, 0.2) is 140 Å². The van der Waals surface area contributed by atoms with Crippen LogP contribution in [0.25, 0.3) is 0 Å². The van der Waals surface area contributed by atoms with Gasteiger partial charge in [-0.05, 0) is 24.3 Å². The third kappa shape index (κ3) is 6.30. The first-order chi connectivity index (χ1) is 19.3. The van der Waals surface area contributed by atoms with Crippen molar-refractivity contribution in [3.05, 3.63) is 132 Å². The predicted octanol–water partition coefficient (Wildman–Crippen LogP) is 4.28. The fourth-order valence-electron chi connectivity index (χ4n) is 4.41. The van der Waals surface area contributed by atoms with Crippen LogP contribution < -0.4 is 0 Å². The molecule has 0 unspecified atom stereocenters. The van der Waals surface area contributed by atoms with Gasteiger partial charge in [-0.1, -0.05) is 97.1 Å². The maximum absolute atomic E-state index is 13.2. The Morgan fingerprint density at radius 1 is 0.450 bits per heavy atom. The van der Waals surface area contributed by atoms with Gasteiger partial charge in [-0.3, -0.25) is 0 Å². The van der Waals surface area contributed by atoms with Gasteiger partial charge in [0.05, 0.1) is 9.79 Å². The molecule has 8 nitrogen and oxygen atoms in total. The van der Waals surface area contributed by atoms with Crippen LogP contribution in [0.3, 0.4) is 0 Å². The Kier molecular flexibility index (Phi) is 8.09. The van der Waals surface area contributed by atoms with Crippen LogP contribution in [0.5, 0.6) is 0 Å². The maximum atomic E-state index is 13.2. The molecule has 0 bridgehead atoms. The molecule has 0 aliphatic carbocycles. The van der Waals surface area contributed by atoms with Crippen molar-refractivity contribution in [2.75, 3.05) is 26.2 Å². The fourth-order valence-corrected chi connectivity index (χ4v) is 6.52. The van der Waals surface area contributed by atoms with Gasteiger partial charge in [-0.15, -0.1) is 8.80 Å². The van der Waals surface area contributed by atoms with Crippen molar-refractivity contribution in [1.82, 2.24) is 9.80 Å². The molecular weight excluding hydrogens is 544 g/mol. The van der Waals surface area contributed by atoms with Gasteiger partial charge in [-0.25, -0.2) is 0 Å². The van der Waals surface area contributed by atoms with E-state index in [2.05, 4.69) is 8.80 Å². The van der Waals surface area contributed by atoms with E-state index in [1.54, 1.807) is 36.4 Å². The number of rotatable bonds is 6. The highest BCUT2D eigenvalue weighted by Gasteiger charge is 2.27. The Labute approximate surface area is 235 Å². The summed E-state index contributed by atoms with van der Waals surface area (Å²) in [6.45, 7) is 1.65. The molecule has 1 heterocycles. The highest BCUT2D eigenvalue weighted by atomic mass is 32.2. The Bertz CT molecular complexity index is 1570. The molecule has 4 aromatic rings. The summed E-state index contributed by atoms with van der Waals surface area (Å²) in [6, 6.07) is 34.6. The van der Waals surface area contributed by atoms with Crippen molar-refractivity contribution in [2.24, 2.45) is 8.80 Å². The average molecular weight is 573 g/mol. The van der Waals surface area contributed by atoms with E-state index in [4.69, 9.17) is 0 Å². The molecule has 204 valence electrons. The molecule has 0 aromatic heterocycles. The lowest BCUT2D eigenvalue weighted by molar-refractivity contribution is 0.260. The zero-order valence-corrected chi connectivity index (χ0v) is 23.2. The van der Waals surface area contributed by atoms with Gasteiger partial charge in [0.2, 0.25) is 0 Å². The van der Waals surface area contributed by atoms with E-state index in [0.717, 1.165) is 0 Å². The maximum Gasteiger partial charge on any atom is 0.284 e. The molecule has 0 atom stereocenters. The van der Waals surface area contributed by atoms with Gasteiger partial charge in [0, 0.05) is 37.3 Å². The molecule has 0 N–H and O–H groups in total. The average Bonchev–Trinajstić information content (AvgIpc) is 3.01. The van der Waals surface area contributed by atoms with Crippen molar-refractivity contribution >= 4 is 31.7 Å². The predicted molar refractivity (Wildman–Crippen MR) is 156 cm³/mol. The summed E-state index contributed by atoms with van der Waals surface area (Å²) in [5, 5.41) is 0. The third-order valence-corrected chi connectivity index (χ3v) is 9.00. The van der Waals surface area contributed by atoms with Gasteiger partial charge in [0.1, 0.15) is 11.7 Å². The second-order valence-corrected chi connectivity index (χ2v) is 12.3. The van der Waals surface area contributed by atoms with Crippen molar-refractivity contribution in [3.63, 3.8) is 0 Å². The van der Waals surface area contributed by atoms with Crippen LogP contribution >= 0.6 is 0 Å². The summed E-state index contributed by atoms with van der Waals surface area (Å²) in [5.41, 5.74) is 1.36. The van der Waals surface area contributed by atoms with Crippen LogP contribution in [0, 0.1) is 0 Å². The molecule has 0 radical (unpaired) electrons. The first kappa shape index (κ1) is 27.3. The van der Waals surface area contributed by atoms with E-state index in [9.17, 15) is 16.8 Å². The second-order valence-electron chi connectivity index (χ2n) is 9.11. The number of nitrogens with zero attached hydrogens (tertiary/aromatic N) is 4. The zero-order chi connectivity index (χ0) is 28.0. The molecule has 0 saturated carbocycles. The lowest BCUT2D eigenvalue weighted by Gasteiger charge is -2.38. The monoisotopic (exact) mass is 572 g/mol. The normalized spacial score (nSPS) is 15.2. The summed E-state index contributed by atoms with van der Waals surface area (Å²) >= 11 is 0. The first-order valence-corrected chi connectivity index (χ1v) is 15.6.